The van der Waals surface area contributed by atoms with E-state index < -0.39 is 0 Å². The molecule has 0 radical (unpaired) electrons. The molecule has 0 aliphatic heterocycles. The number of nitrogens with one attached hydrogen (secondary N) is 1. The number of rotatable bonds is 7. The zero-order chi connectivity index (χ0) is 15.1. The van der Waals surface area contributed by atoms with E-state index in [1.807, 2.05) is 30.3 Å². The first kappa shape index (κ1) is 15.5. The van der Waals surface area contributed by atoms with Crippen LogP contribution in [0.2, 0.25) is 0 Å². The summed E-state index contributed by atoms with van der Waals surface area (Å²) in [5.41, 5.74) is 2.21. The van der Waals surface area contributed by atoms with Crippen LogP contribution in [-0.4, -0.2) is 11.5 Å². The van der Waals surface area contributed by atoms with Crippen LogP contribution in [0.15, 0.2) is 48.7 Å². The number of nitrogens with zero attached hydrogens (tertiary/aromatic N) is 1. The van der Waals surface area contributed by atoms with Gasteiger partial charge < -0.3 is 10.1 Å². The van der Waals surface area contributed by atoms with Gasteiger partial charge in [0.1, 0.15) is 11.9 Å². The molecule has 0 bridgehead atoms. The summed E-state index contributed by atoms with van der Waals surface area (Å²) in [6.45, 7) is 7.35. The molecule has 0 aliphatic carbocycles. The number of ether oxygens (including phenoxy) is 1. The quantitative estimate of drug-likeness (QED) is 0.824. The van der Waals surface area contributed by atoms with E-state index in [4.69, 9.17) is 4.74 Å². The predicted molar refractivity (Wildman–Crippen MR) is 86.4 cm³/mol. The lowest BCUT2D eigenvalue weighted by molar-refractivity contribution is 0.226. The summed E-state index contributed by atoms with van der Waals surface area (Å²) in [6, 6.07) is 14.5. The van der Waals surface area contributed by atoms with Gasteiger partial charge in [0, 0.05) is 6.04 Å². The van der Waals surface area contributed by atoms with Gasteiger partial charge in [0.05, 0.1) is 11.9 Å². The fourth-order valence-electron chi connectivity index (χ4n) is 2.18. The first-order chi connectivity index (χ1) is 10.2. The van der Waals surface area contributed by atoms with Crippen molar-refractivity contribution in [1.82, 2.24) is 10.3 Å². The van der Waals surface area contributed by atoms with Gasteiger partial charge in [-0.15, -0.1) is 0 Å². The van der Waals surface area contributed by atoms with Crippen LogP contribution in [0.5, 0.6) is 5.75 Å². The Morgan fingerprint density at radius 3 is 2.48 bits per heavy atom. The monoisotopic (exact) mass is 284 g/mol. The van der Waals surface area contributed by atoms with Crippen molar-refractivity contribution in [2.45, 2.75) is 39.3 Å². The summed E-state index contributed by atoms with van der Waals surface area (Å²) in [7, 11) is 0. The number of aromatic nitrogens is 1. The Kier molecular flexibility index (Phi) is 5.76. The topological polar surface area (TPSA) is 34.1 Å². The smallest absolute Gasteiger partial charge is 0.138 e. The van der Waals surface area contributed by atoms with E-state index in [0.717, 1.165) is 24.4 Å². The van der Waals surface area contributed by atoms with Gasteiger partial charge in [-0.05, 0) is 44.5 Å². The van der Waals surface area contributed by atoms with Crippen LogP contribution >= 0.6 is 0 Å². The molecule has 112 valence electrons. The zero-order valence-corrected chi connectivity index (χ0v) is 13.0. The highest BCUT2D eigenvalue weighted by molar-refractivity contribution is 5.24. The van der Waals surface area contributed by atoms with Gasteiger partial charge in [-0.25, -0.2) is 0 Å². The van der Waals surface area contributed by atoms with Crippen molar-refractivity contribution >= 4 is 0 Å². The van der Waals surface area contributed by atoms with Gasteiger partial charge in [-0.1, -0.05) is 37.3 Å². The van der Waals surface area contributed by atoms with Crippen molar-refractivity contribution in [3.8, 4) is 5.75 Å². The number of hydrogen-bond donors (Lipinski definition) is 1. The van der Waals surface area contributed by atoms with Crippen LogP contribution < -0.4 is 10.1 Å². The third kappa shape index (κ3) is 4.57. The largest absolute Gasteiger partial charge is 0.484 e. The van der Waals surface area contributed by atoms with Crippen molar-refractivity contribution in [3.63, 3.8) is 0 Å². The van der Waals surface area contributed by atoms with E-state index in [2.05, 4.69) is 43.2 Å². The summed E-state index contributed by atoms with van der Waals surface area (Å²) in [4.78, 5) is 4.49. The van der Waals surface area contributed by atoms with E-state index >= 15 is 0 Å². The third-order valence-electron chi connectivity index (χ3n) is 3.49. The van der Waals surface area contributed by atoms with Crippen molar-refractivity contribution in [2.75, 3.05) is 6.54 Å². The van der Waals surface area contributed by atoms with E-state index in [-0.39, 0.29) is 12.1 Å². The Labute approximate surface area is 127 Å². The number of pyridine rings is 1. The molecule has 2 rings (SSSR count). The fraction of sp³-hybridized carbons (Fsp3) is 0.389. The lowest BCUT2D eigenvalue weighted by Crippen LogP contribution is -2.20. The molecule has 2 unspecified atom stereocenters. The Balaban J connectivity index is 1.96. The maximum atomic E-state index is 5.93. The highest BCUT2D eigenvalue weighted by Gasteiger charge is 2.09. The number of benzene rings is 1. The molecular weight excluding hydrogens is 260 g/mol. The van der Waals surface area contributed by atoms with Crippen LogP contribution in [-0.2, 0) is 0 Å². The molecule has 0 aliphatic rings. The number of hydrogen-bond acceptors (Lipinski definition) is 3. The molecule has 1 N–H and O–H groups in total. The summed E-state index contributed by atoms with van der Waals surface area (Å²) >= 11 is 0. The maximum Gasteiger partial charge on any atom is 0.138 e. The lowest BCUT2D eigenvalue weighted by Gasteiger charge is -2.16. The Hall–Kier alpha value is -1.87. The third-order valence-corrected chi connectivity index (χ3v) is 3.49. The van der Waals surface area contributed by atoms with Crippen LogP contribution in [0.3, 0.4) is 0 Å². The summed E-state index contributed by atoms with van der Waals surface area (Å²) < 4.78 is 5.93. The first-order valence-corrected chi connectivity index (χ1v) is 7.61. The zero-order valence-electron chi connectivity index (χ0n) is 13.0. The highest BCUT2D eigenvalue weighted by Crippen LogP contribution is 2.21. The molecule has 3 heteroatoms. The SMILES string of the molecule is CCCNC(C)c1ccc(OC(C)c2ccccc2)cn1. The van der Waals surface area contributed by atoms with Crippen LogP contribution in [0.1, 0.15) is 50.6 Å². The van der Waals surface area contributed by atoms with E-state index in [1.165, 1.54) is 5.56 Å². The lowest BCUT2D eigenvalue weighted by atomic mass is 10.1. The normalized spacial score (nSPS) is 13.7. The summed E-state index contributed by atoms with van der Waals surface area (Å²) in [6.07, 6.45) is 2.95. The average molecular weight is 284 g/mol. The minimum Gasteiger partial charge on any atom is -0.484 e. The van der Waals surface area contributed by atoms with E-state index in [1.54, 1.807) is 6.20 Å². The van der Waals surface area contributed by atoms with Crippen LogP contribution in [0.4, 0.5) is 0 Å². The second-order valence-electron chi connectivity index (χ2n) is 5.27. The van der Waals surface area contributed by atoms with Crippen LogP contribution in [0, 0.1) is 0 Å². The van der Waals surface area contributed by atoms with Crippen molar-refractivity contribution in [2.24, 2.45) is 0 Å². The molecule has 0 saturated carbocycles. The minimum absolute atomic E-state index is 0.0227. The van der Waals surface area contributed by atoms with E-state index in [0.29, 0.717) is 0 Å². The second-order valence-corrected chi connectivity index (χ2v) is 5.27. The summed E-state index contributed by atoms with van der Waals surface area (Å²) in [5, 5.41) is 3.43. The molecule has 21 heavy (non-hydrogen) atoms. The van der Waals surface area contributed by atoms with Crippen molar-refractivity contribution in [1.29, 1.82) is 0 Å². The molecule has 3 nitrogen and oxygen atoms in total. The Morgan fingerprint density at radius 1 is 1.10 bits per heavy atom. The molecular formula is C18H24N2O. The average Bonchev–Trinajstić information content (AvgIpc) is 2.54. The molecule has 2 aromatic rings. The van der Waals surface area contributed by atoms with Crippen molar-refractivity contribution in [3.05, 3.63) is 59.9 Å². The molecule has 0 spiro atoms. The molecule has 0 amide bonds. The Bertz CT molecular complexity index is 525. The molecule has 2 atom stereocenters. The standard InChI is InChI=1S/C18H24N2O/c1-4-12-19-14(2)18-11-10-17(13-20-18)21-15(3)16-8-6-5-7-9-16/h5-11,13-15,19H,4,12H2,1-3H3. The molecule has 1 aromatic carbocycles. The molecule has 1 heterocycles. The maximum absolute atomic E-state index is 5.93. The Morgan fingerprint density at radius 2 is 1.86 bits per heavy atom. The molecule has 0 saturated heterocycles. The van der Waals surface area contributed by atoms with E-state index in [9.17, 15) is 0 Å². The van der Waals surface area contributed by atoms with Gasteiger partial charge in [-0.2, -0.15) is 0 Å². The van der Waals surface area contributed by atoms with Gasteiger partial charge in [-0.3, -0.25) is 4.98 Å². The minimum atomic E-state index is 0.0227. The predicted octanol–water partition coefficient (Wildman–Crippen LogP) is 4.28. The van der Waals surface area contributed by atoms with Gasteiger partial charge >= 0.3 is 0 Å². The molecule has 1 aromatic heterocycles. The highest BCUT2D eigenvalue weighted by atomic mass is 16.5. The summed E-state index contributed by atoms with van der Waals surface area (Å²) in [5.74, 6) is 0.804. The fourth-order valence-corrected chi connectivity index (χ4v) is 2.18. The van der Waals surface area contributed by atoms with Crippen LogP contribution in [0.25, 0.3) is 0 Å². The van der Waals surface area contributed by atoms with Gasteiger partial charge in [0.15, 0.2) is 0 Å². The second kappa shape index (κ2) is 7.79. The van der Waals surface area contributed by atoms with Crippen molar-refractivity contribution < 1.29 is 4.74 Å². The molecule has 0 fully saturated rings. The van der Waals surface area contributed by atoms with Gasteiger partial charge in [0.2, 0.25) is 0 Å². The first-order valence-electron chi connectivity index (χ1n) is 7.61. The van der Waals surface area contributed by atoms with Gasteiger partial charge in [0.25, 0.3) is 0 Å².